The molecule has 4 N–H and O–H groups in total. The molecular weight excluding hydrogens is 462 g/mol. The number of hydroxylamine groups is 1. The molecule has 0 unspecified atom stereocenters. The van der Waals surface area contributed by atoms with Gasteiger partial charge in [-0.25, -0.2) is 4.79 Å². The number of anilines is 3. The van der Waals surface area contributed by atoms with Crippen LogP contribution in [0.3, 0.4) is 0 Å². The molecule has 2 aromatic rings. The van der Waals surface area contributed by atoms with Gasteiger partial charge in [-0.3, -0.25) is 14.8 Å². The van der Waals surface area contributed by atoms with E-state index in [1.54, 1.807) is 37.4 Å². The quantitative estimate of drug-likeness (QED) is 0.162. The molecule has 1 heterocycles. The number of hydrogen-bond donors (Lipinski definition) is 4. The van der Waals surface area contributed by atoms with Gasteiger partial charge in [-0.2, -0.15) is 5.06 Å². The van der Waals surface area contributed by atoms with Crippen LogP contribution in [0.15, 0.2) is 42.5 Å². The topological polar surface area (TPSA) is 123 Å². The van der Waals surface area contributed by atoms with Crippen molar-refractivity contribution < 1.29 is 24.3 Å². The van der Waals surface area contributed by atoms with Gasteiger partial charge in [-0.05, 0) is 63.2 Å². The van der Waals surface area contributed by atoms with Crippen molar-refractivity contribution in [1.82, 2.24) is 10.2 Å². The molecule has 0 atom stereocenters. The zero-order valence-electron chi connectivity index (χ0n) is 20.9. The number of likely N-dealkylation sites (tertiary alicyclic amines) is 1. The van der Waals surface area contributed by atoms with Crippen molar-refractivity contribution in [2.75, 3.05) is 62.1 Å². The largest absolute Gasteiger partial charge is 0.383 e. The third kappa shape index (κ3) is 7.77. The van der Waals surface area contributed by atoms with Crippen LogP contribution in [-0.4, -0.2) is 74.3 Å². The predicted molar refractivity (Wildman–Crippen MR) is 139 cm³/mol. The molecule has 1 fully saturated rings. The number of nitrogens with one attached hydrogen (secondary N) is 3. The Hall–Kier alpha value is -3.47. The molecule has 3 amide bonds. The summed E-state index contributed by atoms with van der Waals surface area (Å²) in [5, 5.41) is 19.5. The van der Waals surface area contributed by atoms with Gasteiger partial charge in [-0.1, -0.05) is 18.6 Å². The van der Waals surface area contributed by atoms with Crippen molar-refractivity contribution in [2.24, 2.45) is 0 Å². The number of carbonyl (C=O) groups excluding carboxylic acids is 3. The highest BCUT2D eigenvalue weighted by Crippen LogP contribution is 2.22. The van der Waals surface area contributed by atoms with Crippen LogP contribution in [0.2, 0.25) is 0 Å². The Bertz CT molecular complexity index is 1050. The normalized spacial score (nSPS) is 13.6. The predicted octanol–water partition coefficient (Wildman–Crippen LogP) is 3.59. The Balaban J connectivity index is 1.71. The molecular formula is C26H35N5O5. The van der Waals surface area contributed by atoms with E-state index in [2.05, 4.69) is 20.9 Å². The van der Waals surface area contributed by atoms with Crippen LogP contribution >= 0.6 is 0 Å². The Kier molecular flexibility index (Phi) is 10.2. The minimum absolute atomic E-state index is 0.147. The Labute approximate surface area is 211 Å². The molecule has 0 aliphatic carbocycles. The maximum atomic E-state index is 12.9. The van der Waals surface area contributed by atoms with Crippen LogP contribution in [-0.2, 0) is 4.74 Å². The van der Waals surface area contributed by atoms with Crippen LogP contribution in [0.5, 0.6) is 0 Å². The molecule has 194 valence electrons. The fraction of sp³-hybridized carbons (Fsp3) is 0.423. The number of urea groups is 1. The third-order valence-corrected chi connectivity index (χ3v) is 5.99. The average molecular weight is 498 g/mol. The molecule has 1 aliphatic heterocycles. The second kappa shape index (κ2) is 13.6. The number of ether oxygens (including phenoxy) is 1. The summed E-state index contributed by atoms with van der Waals surface area (Å²) in [6.07, 6.45) is 3.70. The minimum atomic E-state index is -0.827. The lowest BCUT2D eigenvalue weighted by Crippen LogP contribution is -2.34. The van der Waals surface area contributed by atoms with E-state index < -0.39 is 6.03 Å². The lowest BCUT2D eigenvalue weighted by atomic mass is 10.1. The zero-order chi connectivity index (χ0) is 25.9. The van der Waals surface area contributed by atoms with E-state index >= 15 is 0 Å². The highest BCUT2D eigenvalue weighted by Gasteiger charge is 2.18. The Morgan fingerprint density at radius 1 is 1.06 bits per heavy atom. The SMILES string of the molecule is COCCNC(=O)c1cc(NC(=O)N(O)c2cccc(C(C)=O)c2)ccc1NCCN1CCCCC1. The van der Waals surface area contributed by atoms with Crippen LogP contribution in [0.1, 0.15) is 46.9 Å². The van der Waals surface area contributed by atoms with Crippen molar-refractivity contribution >= 4 is 34.8 Å². The minimum Gasteiger partial charge on any atom is -0.383 e. The van der Waals surface area contributed by atoms with E-state index in [0.29, 0.717) is 47.3 Å². The second-order valence-corrected chi connectivity index (χ2v) is 8.69. The number of amides is 3. The number of Topliss-reactive ketones (excluding diaryl/α,β-unsaturated/α-hetero) is 1. The number of piperidine rings is 1. The van der Waals surface area contributed by atoms with E-state index in [0.717, 1.165) is 19.6 Å². The average Bonchev–Trinajstić information content (AvgIpc) is 2.89. The maximum Gasteiger partial charge on any atom is 0.350 e. The summed E-state index contributed by atoms with van der Waals surface area (Å²) in [7, 11) is 1.56. The van der Waals surface area contributed by atoms with Gasteiger partial charge in [0.15, 0.2) is 5.78 Å². The summed E-state index contributed by atoms with van der Waals surface area (Å²) in [6.45, 7) is 5.86. The molecule has 36 heavy (non-hydrogen) atoms. The number of carbonyl (C=O) groups is 3. The number of nitrogens with zero attached hydrogens (tertiary/aromatic N) is 2. The van der Waals surface area contributed by atoms with E-state index in [1.165, 1.54) is 38.3 Å². The lowest BCUT2D eigenvalue weighted by molar-refractivity contribution is 0.0937. The summed E-state index contributed by atoms with van der Waals surface area (Å²) < 4.78 is 5.01. The highest BCUT2D eigenvalue weighted by atomic mass is 16.5. The number of benzene rings is 2. The van der Waals surface area contributed by atoms with E-state index in [4.69, 9.17) is 4.74 Å². The van der Waals surface area contributed by atoms with Crippen LogP contribution in [0, 0.1) is 0 Å². The van der Waals surface area contributed by atoms with Crippen molar-refractivity contribution in [3.05, 3.63) is 53.6 Å². The maximum absolute atomic E-state index is 12.9. The molecule has 0 bridgehead atoms. The number of hydrogen-bond acceptors (Lipinski definition) is 7. The second-order valence-electron chi connectivity index (χ2n) is 8.69. The first kappa shape index (κ1) is 27.1. The molecule has 0 aromatic heterocycles. The molecule has 2 aromatic carbocycles. The van der Waals surface area contributed by atoms with Crippen LogP contribution < -0.4 is 21.0 Å². The third-order valence-electron chi connectivity index (χ3n) is 5.99. The van der Waals surface area contributed by atoms with Crippen molar-refractivity contribution in [2.45, 2.75) is 26.2 Å². The smallest absolute Gasteiger partial charge is 0.350 e. The molecule has 0 saturated carbocycles. The van der Waals surface area contributed by atoms with Crippen LogP contribution in [0.25, 0.3) is 0 Å². The highest BCUT2D eigenvalue weighted by molar-refractivity contribution is 6.04. The molecule has 0 spiro atoms. The van der Waals surface area contributed by atoms with Gasteiger partial charge >= 0.3 is 6.03 Å². The van der Waals surface area contributed by atoms with Gasteiger partial charge in [0.1, 0.15) is 0 Å². The van der Waals surface area contributed by atoms with Gasteiger partial charge in [0.25, 0.3) is 5.91 Å². The Morgan fingerprint density at radius 2 is 1.83 bits per heavy atom. The van der Waals surface area contributed by atoms with Crippen LogP contribution in [0.4, 0.5) is 21.9 Å². The summed E-state index contributed by atoms with van der Waals surface area (Å²) in [4.78, 5) is 39.6. The molecule has 1 saturated heterocycles. The van der Waals surface area contributed by atoms with E-state index in [-0.39, 0.29) is 17.4 Å². The Morgan fingerprint density at radius 3 is 2.56 bits per heavy atom. The molecule has 10 nitrogen and oxygen atoms in total. The molecule has 10 heteroatoms. The van der Waals surface area contributed by atoms with Gasteiger partial charge < -0.3 is 25.6 Å². The summed E-state index contributed by atoms with van der Waals surface area (Å²) in [5.41, 5.74) is 1.86. The standard InChI is InChI=1S/C26H35N5O5/c1-19(32)20-7-6-8-22(17-20)31(35)26(34)29-21-9-10-24(23(18-21)25(33)28-12-16-36-2)27-11-15-30-13-4-3-5-14-30/h6-10,17-18,27,35H,3-5,11-16H2,1-2H3,(H,28,33)(H,29,34). The number of methoxy groups -OCH3 is 1. The molecule has 1 aliphatic rings. The summed E-state index contributed by atoms with van der Waals surface area (Å²) in [6, 6.07) is 10.2. The first-order chi connectivity index (χ1) is 17.4. The summed E-state index contributed by atoms with van der Waals surface area (Å²) >= 11 is 0. The fourth-order valence-corrected chi connectivity index (χ4v) is 4.01. The molecule has 3 rings (SSSR count). The number of ketones is 1. The number of rotatable bonds is 11. The zero-order valence-corrected chi connectivity index (χ0v) is 20.9. The molecule has 0 radical (unpaired) electrons. The van der Waals surface area contributed by atoms with Gasteiger partial charge in [0, 0.05) is 43.7 Å². The van der Waals surface area contributed by atoms with Gasteiger partial charge in [0.05, 0.1) is 17.9 Å². The first-order valence-electron chi connectivity index (χ1n) is 12.2. The monoisotopic (exact) mass is 497 g/mol. The van der Waals surface area contributed by atoms with E-state index in [1.807, 2.05) is 0 Å². The summed E-state index contributed by atoms with van der Waals surface area (Å²) in [5.74, 6) is -0.489. The van der Waals surface area contributed by atoms with Crippen molar-refractivity contribution in [3.63, 3.8) is 0 Å². The van der Waals surface area contributed by atoms with Crippen molar-refractivity contribution in [1.29, 1.82) is 0 Å². The lowest BCUT2D eigenvalue weighted by Gasteiger charge is -2.26. The van der Waals surface area contributed by atoms with Gasteiger partial charge in [-0.15, -0.1) is 0 Å². The van der Waals surface area contributed by atoms with Gasteiger partial charge in [0.2, 0.25) is 0 Å². The fourth-order valence-electron chi connectivity index (χ4n) is 4.01. The van der Waals surface area contributed by atoms with Crippen molar-refractivity contribution in [3.8, 4) is 0 Å². The first-order valence-corrected chi connectivity index (χ1v) is 12.2. The van der Waals surface area contributed by atoms with E-state index in [9.17, 15) is 19.6 Å².